The van der Waals surface area contributed by atoms with E-state index in [4.69, 9.17) is 4.74 Å². The summed E-state index contributed by atoms with van der Waals surface area (Å²) in [6.45, 7) is 9.10. The highest BCUT2D eigenvalue weighted by molar-refractivity contribution is 5.92. The molecule has 154 valence electrons. The number of carbonyl (C=O) groups excluding carboxylic acids is 3. The number of nitrogens with zero attached hydrogens (tertiary/aromatic N) is 2. The third kappa shape index (κ3) is 5.63. The van der Waals surface area contributed by atoms with Crippen molar-refractivity contribution in [3.63, 3.8) is 0 Å². The van der Waals surface area contributed by atoms with E-state index in [0.29, 0.717) is 0 Å². The molecule has 2 aliphatic heterocycles. The van der Waals surface area contributed by atoms with Crippen molar-refractivity contribution < 1.29 is 24.2 Å². The van der Waals surface area contributed by atoms with Crippen molar-refractivity contribution in [2.75, 3.05) is 46.4 Å². The molecule has 9 heteroatoms. The molecule has 0 spiro atoms. The van der Waals surface area contributed by atoms with E-state index in [1.807, 2.05) is 25.7 Å². The number of aliphatic hydroxyl groups excluding tert-OH is 1. The van der Waals surface area contributed by atoms with E-state index in [1.165, 1.54) is 12.0 Å². The second-order valence-corrected chi connectivity index (χ2v) is 8.31. The van der Waals surface area contributed by atoms with E-state index < -0.39 is 29.6 Å². The van der Waals surface area contributed by atoms with E-state index >= 15 is 0 Å². The predicted octanol–water partition coefficient (Wildman–Crippen LogP) is -1.44. The largest absolute Gasteiger partial charge is 0.467 e. The Labute approximate surface area is 160 Å². The zero-order valence-electron chi connectivity index (χ0n) is 16.7. The molecule has 3 N–H and O–H groups in total. The minimum Gasteiger partial charge on any atom is -0.467 e. The summed E-state index contributed by atoms with van der Waals surface area (Å²) < 4.78 is 4.77. The Morgan fingerprint density at radius 1 is 1.26 bits per heavy atom. The van der Waals surface area contributed by atoms with Gasteiger partial charge in [-0.25, -0.2) is 4.79 Å². The number of rotatable bonds is 5. The van der Waals surface area contributed by atoms with Crippen LogP contribution in [0.4, 0.5) is 0 Å². The summed E-state index contributed by atoms with van der Waals surface area (Å²) in [5.74, 6) is -1.15. The van der Waals surface area contributed by atoms with Crippen molar-refractivity contribution in [3.8, 4) is 0 Å². The van der Waals surface area contributed by atoms with Crippen molar-refractivity contribution in [2.24, 2.45) is 5.41 Å². The first-order chi connectivity index (χ1) is 12.6. The molecule has 2 amide bonds. The molecule has 0 unspecified atom stereocenters. The van der Waals surface area contributed by atoms with Crippen LogP contribution in [0.5, 0.6) is 0 Å². The fraction of sp³-hybridized carbons (Fsp3) is 0.833. The quantitative estimate of drug-likeness (QED) is 0.498. The maximum Gasteiger partial charge on any atom is 0.328 e. The number of piperazine rings is 1. The molecule has 9 nitrogen and oxygen atoms in total. The lowest BCUT2D eigenvalue weighted by molar-refractivity contribution is -0.153. The first-order valence-electron chi connectivity index (χ1n) is 9.42. The Kier molecular flexibility index (Phi) is 7.19. The van der Waals surface area contributed by atoms with Crippen LogP contribution in [0.1, 0.15) is 27.2 Å². The Morgan fingerprint density at radius 3 is 2.44 bits per heavy atom. The van der Waals surface area contributed by atoms with Crippen LogP contribution >= 0.6 is 0 Å². The molecule has 0 saturated carbocycles. The van der Waals surface area contributed by atoms with Crippen LogP contribution in [-0.4, -0.2) is 97.3 Å². The predicted molar refractivity (Wildman–Crippen MR) is 98.8 cm³/mol. The lowest BCUT2D eigenvalue weighted by Crippen LogP contribution is -2.58. The molecule has 0 aliphatic carbocycles. The van der Waals surface area contributed by atoms with Crippen LogP contribution in [0.15, 0.2) is 0 Å². The number of hydrogen-bond acceptors (Lipinski definition) is 7. The van der Waals surface area contributed by atoms with Gasteiger partial charge in [-0.15, -0.1) is 0 Å². The number of hydrogen-bond donors (Lipinski definition) is 3. The van der Waals surface area contributed by atoms with Crippen LogP contribution < -0.4 is 10.6 Å². The van der Waals surface area contributed by atoms with Crippen molar-refractivity contribution in [1.29, 1.82) is 0 Å². The topological polar surface area (TPSA) is 111 Å². The van der Waals surface area contributed by atoms with E-state index in [9.17, 15) is 19.5 Å². The summed E-state index contributed by atoms with van der Waals surface area (Å²) in [5, 5.41) is 16.0. The normalized spacial score (nSPS) is 25.1. The first-order valence-corrected chi connectivity index (χ1v) is 9.42. The van der Waals surface area contributed by atoms with Crippen LogP contribution in [0, 0.1) is 5.41 Å². The van der Waals surface area contributed by atoms with Gasteiger partial charge in [0, 0.05) is 39.1 Å². The molecule has 27 heavy (non-hydrogen) atoms. The molecule has 2 rings (SSSR count). The monoisotopic (exact) mass is 384 g/mol. The van der Waals surface area contributed by atoms with Gasteiger partial charge in [0.1, 0.15) is 12.1 Å². The van der Waals surface area contributed by atoms with Gasteiger partial charge < -0.3 is 25.4 Å². The van der Waals surface area contributed by atoms with Crippen molar-refractivity contribution >= 4 is 17.8 Å². The van der Waals surface area contributed by atoms with Gasteiger partial charge in [0.05, 0.1) is 19.8 Å². The SMILES string of the molecule is COC(=O)[C@@H]1C[C@@H](O)CN1C(=O)[C@@H](NC(=O)CN1CCNCC1)C(C)(C)C. The molecule has 0 bridgehead atoms. The van der Waals surface area contributed by atoms with Crippen LogP contribution in [0.3, 0.4) is 0 Å². The molecule has 2 fully saturated rings. The molecule has 2 heterocycles. The summed E-state index contributed by atoms with van der Waals surface area (Å²) in [6.07, 6.45) is -0.639. The van der Waals surface area contributed by atoms with Gasteiger partial charge in [-0.3, -0.25) is 14.5 Å². The van der Waals surface area contributed by atoms with Crippen molar-refractivity contribution in [3.05, 3.63) is 0 Å². The van der Waals surface area contributed by atoms with E-state index in [0.717, 1.165) is 26.2 Å². The molecule has 0 aromatic heterocycles. The maximum absolute atomic E-state index is 13.2. The Morgan fingerprint density at radius 2 is 1.89 bits per heavy atom. The van der Waals surface area contributed by atoms with Crippen LogP contribution in [-0.2, 0) is 19.1 Å². The number of esters is 1. The van der Waals surface area contributed by atoms with E-state index in [2.05, 4.69) is 10.6 Å². The minimum atomic E-state index is -0.826. The Hall–Kier alpha value is -1.71. The van der Waals surface area contributed by atoms with Gasteiger partial charge in [-0.1, -0.05) is 20.8 Å². The number of carbonyl (C=O) groups is 3. The lowest BCUT2D eigenvalue weighted by atomic mass is 9.85. The number of amides is 2. The van der Waals surface area contributed by atoms with Crippen LogP contribution in [0.25, 0.3) is 0 Å². The Bertz CT molecular complexity index is 556. The number of aliphatic hydroxyl groups is 1. The van der Waals surface area contributed by atoms with Crippen LogP contribution in [0.2, 0.25) is 0 Å². The molecular formula is C18H32N4O5. The number of likely N-dealkylation sites (tertiary alicyclic amines) is 1. The first kappa shape index (κ1) is 21.6. The fourth-order valence-electron chi connectivity index (χ4n) is 3.51. The van der Waals surface area contributed by atoms with Crippen molar-refractivity contribution in [2.45, 2.75) is 45.4 Å². The third-order valence-corrected chi connectivity index (χ3v) is 5.03. The molecular weight excluding hydrogens is 352 g/mol. The molecule has 3 atom stereocenters. The number of methoxy groups -OCH3 is 1. The average molecular weight is 384 g/mol. The summed E-state index contributed by atoms with van der Waals surface area (Å²) in [6, 6.07) is -1.63. The van der Waals surface area contributed by atoms with E-state index in [-0.39, 0.29) is 31.3 Å². The van der Waals surface area contributed by atoms with Gasteiger partial charge in [0.2, 0.25) is 11.8 Å². The highest BCUT2D eigenvalue weighted by Gasteiger charge is 2.45. The standard InChI is InChI=1S/C18H32N4O5/c1-18(2,3)15(20-14(24)11-21-7-5-19-6-8-21)16(25)22-10-12(23)9-13(22)17(26)27-4/h12-13,15,19,23H,5-11H2,1-4H3,(H,20,24)/t12-,13+,15-/m1/s1. The average Bonchev–Trinajstić information content (AvgIpc) is 3.00. The van der Waals surface area contributed by atoms with Gasteiger partial charge in [-0.05, 0) is 5.41 Å². The van der Waals surface area contributed by atoms with Gasteiger partial charge in [0.25, 0.3) is 0 Å². The third-order valence-electron chi connectivity index (χ3n) is 5.03. The molecule has 2 saturated heterocycles. The molecule has 0 radical (unpaired) electrons. The summed E-state index contributed by atoms with van der Waals surface area (Å²) in [4.78, 5) is 41.1. The molecule has 0 aromatic rings. The van der Waals surface area contributed by atoms with Gasteiger partial charge >= 0.3 is 5.97 Å². The van der Waals surface area contributed by atoms with Gasteiger partial charge in [0.15, 0.2) is 0 Å². The zero-order chi connectivity index (χ0) is 20.2. The summed E-state index contributed by atoms with van der Waals surface area (Å²) in [7, 11) is 1.26. The molecule has 0 aromatic carbocycles. The maximum atomic E-state index is 13.2. The number of nitrogens with one attached hydrogen (secondary N) is 2. The number of ether oxygens (including phenoxy) is 1. The highest BCUT2D eigenvalue weighted by Crippen LogP contribution is 2.26. The Balaban J connectivity index is 2.09. The second kappa shape index (κ2) is 8.99. The summed E-state index contributed by atoms with van der Waals surface area (Å²) in [5.41, 5.74) is -0.551. The number of β-amino-alcohol motifs (C(OH)–C–C–N with tert-alkyl or cyclic N) is 1. The second-order valence-electron chi connectivity index (χ2n) is 8.31. The van der Waals surface area contributed by atoms with E-state index in [1.54, 1.807) is 0 Å². The van der Waals surface area contributed by atoms with Gasteiger partial charge in [-0.2, -0.15) is 0 Å². The lowest BCUT2D eigenvalue weighted by Gasteiger charge is -2.35. The zero-order valence-corrected chi connectivity index (χ0v) is 16.7. The molecule has 2 aliphatic rings. The van der Waals surface area contributed by atoms with Crippen molar-refractivity contribution in [1.82, 2.24) is 20.4 Å². The highest BCUT2D eigenvalue weighted by atomic mass is 16.5. The minimum absolute atomic E-state index is 0.0544. The summed E-state index contributed by atoms with van der Waals surface area (Å²) >= 11 is 0. The smallest absolute Gasteiger partial charge is 0.328 e. The fourth-order valence-corrected chi connectivity index (χ4v) is 3.51.